The van der Waals surface area contributed by atoms with E-state index >= 15 is 0 Å². The Labute approximate surface area is 717 Å². The van der Waals surface area contributed by atoms with E-state index in [1.54, 1.807) is 91.7 Å². The molecular formula is C81H102Cl6FN19O4S4. The number of nitrogen functional groups attached to an aromatic ring is 2. The van der Waals surface area contributed by atoms with Gasteiger partial charge in [0.1, 0.15) is 27.1 Å². The van der Waals surface area contributed by atoms with Crippen molar-refractivity contribution >= 4 is 152 Å². The Kier molecular flexibility index (Phi) is 27.0. The molecule has 0 radical (unpaired) electrons. The number of nitrogens with zero attached hydrogens (tertiary/aromatic N) is 13. The van der Waals surface area contributed by atoms with Crippen LogP contribution in [-0.2, 0) is 28.2 Å². The first-order chi connectivity index (χ1) is 54.7. The number of aryl methyl sites for hydroxylation is 1. The summed E-state index contributed by atoms with van der Waals surface area (Å²) in [4.78, 5) is 87.8. The molecule has 23 nitrogen and oxygen atoms in total. The van der Waals surface area contributed by atoms with Crippen molar-refractivity contribution in [1.29, 1.82) is 0 Å². The van der Waals surface area contributed by atoms with E-state index < -0.39 is 5.67 Å². The Morgan fingerprint density at radius 3 is 1.26 bits per heavy atom. The molecule has 34 heteroatoms. The maximum Gasteiger partial charge on any atom is 0.270 e. The molecule has 115 heavy (non-hydrogen) atoms. The zero-order valence-electron chi connectivity index (χ0n) is 65.8. The van der Waals surface area contributed by atoms with Crippen LogP contribution in [0.3, 0.4) is 0 Å². The van der Waals surface area contributed by atoms with Gasteiger partial charge in [0.15, 0.2) is 0 Å². The molecule has 4 spiro atoms. The molecule has 9 heterocycles. The summed E-state index contributed by atoms with van der Waals surface area (Å²) in [6, 6.07) is 20.6. The summed E-state index contributed by atoms with van der Waals surface area (Å²) in [5.41, 5.74) is 37.5. The summed E-state index contributed by atoms with van der Waals surface area (Å²) < 4.78 is 20.9. The number of anilines is 6. The molecule has 4 aliphatic heterocycles. The van der Waals surface area contributed by atoms with Crippen molar-refractivity contribution in [3.63, 3.8) is 0 Å². The predicted molar refractivity (Wildman–Crippen MR) is 469 cm³/mol. The first kappa shape index (κ1) is 86.9. The summed E-state index contributed by atoms with van der Waals surface area (Å²) in [6.07, 6.45) is 22.0. The highest BCUT2D eigenvalue weighted by Crippen LogP contribution is 2.54. The molecule has 6 atom stereocenters. The quantitative estimate of drug-likeness (QED) is 0.0662. The first-order valence-corrected chi connectivity index (χ1v) is 44.7. The highest BCUT2D eigenvalue weighted by atomic mass is 35.5. The van der Waals surface area contributed by atoms with Crippen LogP contribution in [-0.4, -0.2) is 125 Å². The SMILES string of the molecule is Cc1nccc(Sc2c(N)nc(N3CCC4(CC3)C[C@@H](C)C[C@H]4N)n(C)c2=O)c1Cl.Cn1c(N2CCC3(CC2)CC(C)(F)C[C@H]3N)nc(N)c(Sc2ccccc2Cl)c1=O.Cn1c(N2CCC3(CCC[C@H]3N)CC2)ncc(Sc2cccc(Cl)c2Cl)c1=O.Cn1c(N2CCC3(CC[C@@H]3N)CC2)ncc(Sc2cccc(Cl)c2Cl)c1=O. The highest BCUT2D eigenvalue weighted by Gasteiger charge is 2.53. The highest BCUT2D eigenvalue weighted by molar-refractivity contribution is 8.00. The lowest BCUT2D eigenvalue weighted by Gasteiger charge is -2.52. The van der Waals surface area contributed by atoms with Gasteiger partial charge in [0.2, 0.25) is 23.8 Å². The van der Waals surface area contributed by atoms with E-state index in [2.05, 4.69) is 46.5 Å². The molecule has 0 amide bonds. The number of alkyl halides is 1. The molecule has 3 aromatic carbocycles. The number of aromatic nitrogens is 9. The average molecular weight is 1770 g/mol. The minimum Gasteiger partial charge on any atom is -0.382 e. The van der Waals surface area contributed by atoms with Crippen LogP contribution in [0.15, 0.2) is 144 Å². The predicted octanol–water partition coefficient (Wildman–Crippen LogP) is 15.1. The topological polar surface area (TPSA) is 322 Å². The molecule has 12 N–H and O–H groups in total. The molecule has 8 fully saturated rings. The van der Waals surface area contributed by atoms with Crippen LogP contribution in [0.2, 0.25) is 30.1 Å². The van der Waals surface area contributed by atoms with Gasteiger partial charge in [-0.1, -0.05) is 154 Å². The molecule has 5 aromatic heterocycles. The summed E-state index contributed by atoms with van der Waals surface area (Å²) in [7, 11) is 7.00. The van der Waals surface area contributed by atoms with E-state index in [0.29, 0.717) is 129 Å². The van der Waals surface area contributed by atoms with Crippen LogP contribution in [0, 0.1) is 34.5 Å². The third-order valence-electron chi connectivity index (χ3n) is 25.5. The summed E-state index contributed by atoms with van der Waals surface area (Å²) in [6.45, 7) is 12.3. The van der Waals surface area contributed by atoms with Gasteiger partial charge in [-0.05, 0) is 187 Å². The van der Waals surface area contributed by atoms with Gasteiger partial charge in [-0.15, -0.1) is 0 Å². The molecule has 4 saturated carbocycles. The van der Waals surface area contributed by atoms with Crippen LogP contribution >= 0.6 is 117 Å². The normalized spacial score (nSPS) is 23.0. The van der Waals surface area contributed by atoms with Crippen molar-refractivity contribution in [2.75, 3.05) is 83.4 Å². The van der Waals surface area contributed by atoms with Gasteiger partial charge in [-0.2, -0.15) is 9.97 Å². The lowest BCUT2D eigenvalue weighted by Crippen LogP contribution is -2.56. The second-order valence-electron chi connectivity index (χ2n) is 32.8. The Balaban J connectivity index is 0.000000134. The second kappa shape index (κ2) is 35.8. The Morgan fingerprint density at radius 1 is 0.435 bits per heavy atom. The van der Waals surface area contributed by atoms with Gasteiger partial charge in [0, 0.05) is 130 Å². The lowest BCUT2D eigenvalue weighted by molar-refractivity contribution is 0.0607. The largest absolute Gasteiger partial charge is 0.382 e. The van der Waals surface area contributed by atoms with Crippen molar-refractivity contribution < 1.29 is 4.39 Å². The number of piperidine rings is 4. The van der Waals surface area contributed by atoms with E-state index in [4.69, 9.17) is 104 Å². The summed E-state index contributed by atoms with van der Waals surface area (Å²) in [5.74, 6) is 3.68. The van der Waals surface area contributed by atoms with Gasteiger partial charge in [0.25, 0.3) is 22.2 Å². The Morgan fingerprint density at radius 2 is 0.843 bits per heavy atom. The van der Waals surface area contributed by atoms with Gasteiger partial charge < -0.3 is 54.0 Å². The zero-order chi connectivity index (χ0) is 82.4. The molecule has 1 unspecified atom stereocenters. The van der Waals surface area contributed by atoms with Crippen LogP contribution in [0.4, 0.5) is 39.8 Å². The van der Waals surface area contributed by atoms with Crippen LogP contribution in [0.5, 0.6) is 0 Å². The standard InChI is InChI=1S/C21H27ClFN5OS.C21H29ClN6OS.C20H24Cl2N4OS.C19H22Cl2N4OS/c1-20(23)11-15(24)21(12-20)7-9-28(10-8-21)19-26-17(25)16(18(29)27(19)2)30-14-6-4-3-5-13(14)22;1-12-10-15(23)21(11-12)5-8-28(9-6-21)20-26-18(24)17(19(29)27(20)3)30-14-4-7-25-13(2)16(14)22;1-25-18(27)15(28-14-5-2-4-13(21)17(14)22)12-24-19(25)26-10-8-20(9-11-26)7-3-6-16(20)23;1-24-17(26)14(27-13-4-2-3-12(20)16(13)21)11-23-18(24)25-9-7-19(8-10-25)6-5-15(19)22/h3-6,15H,7-12,24-25H2,1-2H3;4,7,12,15H,5-6,8-11,23-24H2,1-3H3;2,4-5,12,16H,3,6-11,23H2,1H3;2-4,11,15H,5-10,22H2,1H3/t15-,20?;12-,15+;16-;15-/m1010/s1. The average Bonchev–Trinajstić information content (AvgIpc) is 1.46. The van der Waals surface area contributed by atoms with E-state index in [9.17, 15) is 23.6 Å². The smallest absolute Gasteiger partial charge is 0.270 e. The van der Waals surface area contributed by atoms with Crippen molar-refractivity contribution in [3.8, 4) is 0 Å². The van der Waals surface area contributed by atoms with E-state index in [0.717, 1.165) is 129 Å². The maximum atomic E-state index is 14.6. The number of rotatable bonds is 12. The molecule has 0 bridgehead atoms. The number of hydrogen-bond donors (Lipinski definition) is 6. The molecule has 8 aliphatic rings. The Hall–Kier alpha value is -5.96. The molecule has 4 aliphatic carbocycles. The van der Waals surface area contributed by atoms with Crippen molar-refractivity contribution in [2.45, 2.75) is 199 Å². The third kappa shape index (κ3) is 18.2. The fourth-order valence-corrected chi connectivity index (χ4v) is 23.6. The van der Waals surface area contributed by atoms with Gasteiger partial charge in [0.05, 0.1) is 58.0 Å². The van der Waals surface area contributed by atoms with E-state index in [1.165, 1.54) is 77.3 Å². The minimum atomic E-state index is -1.20. The first-order valence-electron chi connectivity index (χ1n) is 39.2. The van der Waals surface area contributed by atoms with Gasteiger partial charge >= 0.3 is 0 Å². The van der Waals surface area contributed by atoms with Gasteiger partial charge in [-0.25, -0.2) is 14.4 Å². The molecule has 16 rings (SSSR count). The van der Waals surface area contributed by atoms with Crippen LogP contribution < -0.4 is 76.2 Å². The van der Waals surface area contributed by atoms with Crippen LogP contribution in [0.25, 0.3) is 0 Å². The van der Waals surface area contributed by atoms with Crippen molar-refractivity contribution in [1.82, 2.24) is 43.2 Å². The monoisotopic (exact) mass is 1760 g/mol. The van der Waals surface area contributed by atoms with Crippen molar-refractivity contribution in [3.05, 3.63) is 163 Å². The summed E-state index contributed by atoms with van der Waals surface area (Å²) >= 11 is 42.3. The second-order valence-corrected chi connectivity index (χ2v) is 39.4. The fraction of sp³-hybridized carbons (Fsp3) is 0.519. The van der Waals surface area contributed by atoms with Crippen molar-refractivity contribution in [2.24, 2.45) is 78.7 Å². The number of hydrogen-bond acceptors (Lipinski definition) is 23. The number of benzene rings is 3. The Bertz CT molecular complexity index is 5160. The van der Waals surface area contributed by atoms with Crippen LogP contribution in [0.1, 0.15) is 129 Å². The number of pyridine rings is 1. The molecule has 618 valence electrons. The molecule has 8 aromatic rings. The number of nitrogens with two attached hydrogens (primary N) is 6. The summed E-state index contributed by atoms with van der Waals surface area (Å²) in [5, 5.41) is 2.93. The number of halogens is 7. The van der Waals surface area contributed by atoms with E-state index in [1.807, 2.05) is 54.3 Å². The van der Waals surface area contributed by atoms with E-state index in [-0.39, 0.29) is 62.2 Å². The molecular weight excluding hydrogens is 1660 g/mol. The third-order valence-corrected chi connectivity index (χ3v) is 32.8. The lowest BCUT2D eigenvalue weighted by atomic mass is 9.60. The fourth-order valence-electron chi connectivity index (χ4n) is 18.5. The minimum absolute atomic E-state index is 0.0797. The van der Waals surface area contributed by atoms with Gasteiger partial charge in [-0.3, -0.25) is 42.4 Å². The maximum absolute atomic E-state index is 14.6. The molecule has 4 saturated heterocycles. The zero-order valence-corrected chi connectivity index (χ0v) is 73.6.